The number of anilines is 1. The van der Waals surface area contributed by atoms with Crippen LogP contribution in [-0.2, 0) is 0 Å². The highest BCUT2D eigenvalue weighted by molar-refractivity contribution is 7.98. The SMILES string of the molecule is CCN(CCCCC(F)(F)F)c1cc(F)cc2c1N=C(C1CC1)NS2.CO. The molecule has 0 saturated heterocycles. The predicted octanol–water partition coefficient (Wildman–Crippen LogP) is 5.04. The van der Waals surface area contributed by atoms with Gasteiger partial charge >= 0.3 is 6.18 Å². The number of alkyl halides is 3. The van der Waals surface area contributed by atoms with E-state index < -0.39 is 12.6 Å². The summed E-state index contributed by atoms with van der Waals surface area (Å²) >= 11 is 1.36. The third-order valence-corrected chi connectivity index (χ3v) is 5.18. The van der Waals surface area contributed by atoms with E-state index in [2.05, 4.69) is 9.71 Å². The predicted molar refractivity (Wildman–Crippen MR) is 101 cm³/mol. The monoisotopic (exact) mass is 407 g/mol. The molecule has 9 heteroatoms. The van der Waals surface area contributed by atoms with Crippen LogP contribution in [0.15, 0.2) is 22.0 Å². The zero-order chi connectivity index (χ0) is 20.0. The van der Waals surface area contributed by atoms with Crippen molar-refractivity contribution >= 4 is 29.2 Å². The van der Waals surface area contributed by atoms with E-state index >= 15 is 0 Å². The Kier molecular flexibility index (Phi) is 7.79. The van der Waals surface area contributed by atoms with Gasteiger partial charge in [-0.3, -0.25) is 0 Å². The topological polar surface area (TPSA) is 47.9 Å². The molecule has 27 heavy (non-hydrogen) atoms. The molecule has 1 aromatic carbocycles. The van der Waals surface area contributed by atoms with Crippen molar-refractivity contribution in [3.63, 3.8) is 0 Å². The first-order valence-corrected chi connectivity index (χ1v) is 9.80. The van der Waals surface area contributed by atoms with Gasteiger partial charge in [0.15, 0.2) is 0 Å². The van der Waals surface area contributed by atoms with Gasteiger partial charge in [-0.2, -0.15) is 13.2 Å². The molecule has 152 valence electrons. The van der Waals surface area contributed by atoms with Crippen LogP contribution >= 0.6 is 11.9 Å². The third-order valence-electron chi connectivity index (χ3n) is 4.34. The Hall–Kier alpha value is -1.48. The molecule has 0 spiro atoms. The number of aliphatic hydroxyl groups excluding tert-OH is 1. The van der Waals surface area contributed by atoms with Crippen molar-refractivity contribution < 1.29 is 22.7 Å². The van der Waals surface area contributed by atoms with Crippen LogP contribution in [0.4, 0.5) is 28.9 Å². The number of unbranched alkanes of at least 4 members (excludes halogenated alkanes) is 1. The Bertz CT molecular complexity index is 663. The minimum atomic E-state index is -4.12. The van der Waals surface area contributed by atoms with E-state index in [1.54, 1.807) is 0 Å². The number of hydrogen-bond acceptors (Lipinski definition) is 5. The van der Waals surface area contributed by atoms with E-state index in [0.29, 0.717) is 36.0 Å². The summed E-state index contributed by atoms with van der Waals surface area (Å²) in [5.41, 5.74) is 1.39. The third kappa shape index (κ3) is 6.27. The Morgan fingerprint density at radius 3 is 2.56 bits per heavy atom. The van der Waals surface area contributed by atoms with Crippen LogP contribution in [0.3, 0.4) is 0 Å². The lowest BCUT2D eigenvalue weighted by Crippen LogP contribution is -2.26. The van der Waals surface area contributed by atoms with E-state index in [9.17, 15) is 17.6 Å². The van der Waals surface area contributed by atoms with E-state index in [1.807, 2.05) is 11.8 Å². The van der Waals surface area contributed by atoms with Crippen molar-refractivity contribution in [2.45, 2.75) is 50.1 Å². The normalized spacial score (nSPS) is 15.9. The van der Waals surface area contributed by atoms with Crippen LogP contribution in [0.1, 0.15) is 39.0 Å². The first kappa shape index (κ1) is 21.8. The highest BCUT2D eigenvalue weighted by atomic mass is 32.2. The lowest BCUT2D eigenvalue weighted by Gasteiger charge is -2.27. The molecule has 4 nitrogen and oxygen atoms in total. The molecule has 1 aliphatic carbocycles. The molecular formula is C18H25F4N3OS. The van der Waals surface area contributed by atoms with Crippen molar-refractivity contribution in [2.75, 3.05) is 25.1 Å². The summed E-state index contributed by atoms with van der Waals surface area (Å²) in [5.74, 6) is 1.00. The van der Waals surface area contributed by atoms with Crippen molar-refractivity contribution in [3.05, 3.63) is 17.9 Å². The molecule has 1 heterocycles. The highest BCUT2D eigenvalue weighted by Gasteiger charge is 2.31. The molecule has 2 N–H and O–H groups in total. The van der Waals surface area contributed by atoms with E-state index in [1.165, 1.54) is 24.1 Å². The van der Waals surface area contributed by atoms with Gasteiger partial charge in [-0.15, -0.1) is 0 Å². The first-order valence-electron chi connectivity index (χ1n) is 8.99. The van der Waals surface area contributed by atoms with Gasteiger partial charge in [0, 0.05) is 32.5 Å². The molecule has 0 radical (unpaired) electrons. The fraction of sp³-hybridized carbons (Fsp3) is 0.611. The molecule has 1 aromatic rings. The van der Waals surface area contributed by atoms with E-state index in [0.717, 1.165) is 31.5 Å². The summed E-state index contributed by atoms with van der Waals surface area (Å²) in [6.45, 7) is 2.96. The van der Waals surface area contributed by atoms with Crippen LogP contribution in [0.25, 0.3) is 0 Å². The molecule has 2 aliphatic rings. The highest BCUT2D eigenvalue weighted by Crippen LogP contribution is 2.43. The summed E-state index contributed by atoms with van der Waals surface area (Å²) in [6.07, 6.45) is -2.22. The van der Waals surface area contributed by atoms with Gasteiger partial charge in [0.05, 0.1) is 10.6 Å². The average molecular weight is 407 g/mol. The van der Waals surface area contributed by atoms with Crippen LogP contribution in [0.2, 0.25) is 0 Å². The van der Waals surface area contributed by atoms with Crippen LogP contribution in [0.5, 0.6) is 0 Å². The van der Waals surface area contributed by atoms with Gasteiger partial charge < -0.3 is 14.7 Å². The van der Waals surface area contributed by atoms with Gasteiger partial charge in [-0.25, -0.2) is 9.38 Å². The van der Waals surface area contributed by atoms with Crippen molar-refractivity contribution in [2.24, 2.45) is 10.9 Å². The summed E-state index contributed by atoms with van der Waals surface area (Å²) in [5, 5.41) is 7.00. The fourth-order valence-corrected chi connectivity index (χ4v) is 3.70. The molecular weight excluding hydrogens is 382 g/mol. The molecule has 1 fully saturated rings. The molecule has 0 bridgehead atoms. The lowest BCUT2D eigenvalue weighted by molar-refractivity contribution is -0.135. The number of aliphatic imine (C=N–C) groups is 1. The standard InChI is InChI=1S/C17H21F4N3S.CH4O/c1-2-24(8-4-3-7-17(19,20)21)13-9-12(18)10-14-15(13)22-16(23-25-14)11-5-6-11;1-2/h9-11H,2-8H2,1H3,(H,22,23);2H,1H3. The molecule has 0 atom stereocenters. The smallest absolute Gasteiger partial charge is 0.389 e. The van der Waals surface area contributed by atoms with Crippen molar-refractivity contribution in [1.29, 1.82) is 0 Å². The molecule has 1 saturated carbocycles. The van der Waals surface area contributed by atoms with Crippen molar-refractivity contribution in [1.82, 2.24) is 4.72 Å². The number of rotatable bonds is 7. The van der Waals surface area contributed by atoms with Crippen LogP contribution < -0.4 is 9.62 Å². The minimum Gasteiger partial charge on any atom is -0.400 e. The summed E-state index contributed by atoms with van der Waals surface area (Å²) in [6, 6.07) is 2.88. The zero-order valence-electron chi connectivity index (χ0n) is 15.4. The van der Waals surface area contributed by atoms with Crippen LogP contribution in [-0.4, -0.2) is 37.3 Å². The number of halogens is 4. The van der Waals surface area contributed by atoms with Crippen molar-refractivity contribution in [3.8, 4) is 0 Å². The largest absolute Gasteiger partial charge is 0.400 e. The maximum atomic E-state index is 14.0. The van der Waals surface area contributed by atoms with Crippen LogP contribution in [0, 0.1) is 11.7 Å². The lowest BCUT2D eigenvalue weighted by atomic mass is 10.2. The number of hydrogen-bond donors (Lipinski definition) is 2. The molecule has 0 aromatic heterocycles. The Morgan fingerprint density at radius 1 is 1.26 bits per heavy atom. The number of aliphatic hydroxyl groups is 1. The Balaban J connectivity index is 0.00000126. The maximum Gasteiger partial charge on any atom is 0.389 e. The second-order valence-corrected chi connectivity index (χ2v) is 7.25. The number of nitrogens with one attached hydrogen (secondary N) is 1. The quantitative estimate of drug-likeness (QED) is 0.378. The summed E-state index contributed by atoms with van der Waals surface area (Å²) in [4.78, 5) is 7.31. The van der Waals surface area contributed by atoms with Gasteiger partial charge in [-0.05, 0) is 56.7 Å². The van der Waals surface area contributed by atoms with E-state index in [4.69, 9.17) is 5.11 Å². The van der Waals surface area contributed by atoms with Gasteiger partial charge in [0.1, 0.15) is 17.3 Å². The first-order chi connectivity index (χ1) is 12.9. The Labute approximate surface area is 161 Å². The molecule has 1 aliphatic heterocycles. The second-order valence-electron chi connectivity index (χ2n) is 6.40. The number of amidine groups is 1. The van der Waals surface area contributed by atoms with E-state index in [-0.39, 0.29) is 12.2 Å². The number of fused-ring (bicyclic) bond motifs is 1. The van der Waals surface area contributed by atoms with Gasteiger partial charge in [0.2, 0.25) is 0 Å². The molecule has 0 unspecified atom stereocenters. The fourth-order valence-electron chi connectivity index (χ4n) is 2.85. The average Bonchev–Trinajstić information content (AvgIpc) is 3.47. The number of benzene rings is 1. The minimum absolute atomic E-state index is 0.0738. The summed E-state index contributed by atoms with van der Waals surface area (Å²) in [7, 11) is 1.00. The maximum absolute atomic E-state index is 14.0. The molecule has 3 rings (SSSR count). The zero-order valence-corrected chi connectivity index (χ0v) is 16.3. The van der Waals surface area contributed by atoms with Gasteiger partial charge in [-0.1, -0.05) is 0 Å². The van der Waals surface area contributed by atoms with Gasteiger partial charge in [0.25, 0.3) is 0 Å². The Morgan fingerprint density at radius 2 is 1.96 bits per heavy atom. The second kappa shape index (κ2) is 9.64. The number of nitrogens with zero attached hydrogens (tertiary/aromatic N) is 2. The summed E-state index contributed by atoms with van der Waals surface area (Å²) < 4.78 is 54.1. The molecule has 0 amide bonds.